The summed E-state index contributed by atoms with van der Waals surface area (Å²) < 4.78 is 18.3. The number of aromatic nitrogens is 2. The van der Waals surface area contributed by atoms with E-state index < -0.39 is 0 Å². The topological polar surface area (TPSA) is 74.6 Å². The van der Waals surface area contributed by atoms with Crippen molar-refractivity contribution in [2.24, 2.45) is 5.92 Å². The lowest BCUT2D eigenvalue weighted by molar-refractivity contribution is -0.126. The van der Waals surface area contributed by atoms with Crippen molar-refractivity contribution in [3.05, 3.63) is 47.8 Å². The Kier molecular flexibility index (Phi) is 6.84. The highest BCUT2D eigenvalue weighted by molar-refractivity contribution is 5.79. The number of para-hydroxylation sites is 1. The second-order valence-corrected chi connectivity index (χ2v) is 6.47. The Hall–Kier alpha value is -2.38. The Morgan fingerprint density at radius 3 is 3.07 bits per heavy atom. The average Bonchev–Trinajstić information content (AvgIpc) is 3.34. The van der Waals surface area contributed by atoms with Gasteiger partial charge in [-0.3, -0.25) is 9.48 Å². The molecule has 27 heavy (non-hydrogen) atoms. The molecule has 1 saturated heterocycles. The van der Waals surface area contributed by atoms with Crippen LogP contribution >= 0.6 is 0 Å². The number of carbonyl (C=O) groups is 1. The van der Waals surface area contributed by atoms with E-state index in [-0.39, 0.29) is 17.9 Å². The molecule has 0 spiro atoms. The van der Waals surface area contributed by atoms with Gasteiger partial charge in [0.15, 0.2) is 0 Å². The van der Waals surface area contributed by atoms with Crippen molar-refractivity contribution in [3.63, 3.8) is 0 Å². The molecule has 1 aliphatic heterocycles. The van der Waals surface area contributed by atoms with Crippen molar-refractivity contribution in [1.82, 2.24) is 15.1 Å². The molecule has 7 heteroatoms. The fraction of sp³-hybridized carbons (Fsp3) is 0.500. The number of rotatable bonds is 9. The fourth-order valence-electron chi connectivity index (χ4n) is 3.28. The third kappa shape index (κ3) is 4.87. The van der Waals surface area contributed by atoms with Gasteiger partial charge in [-0.2, -0.15) is 5.10 Å². The van der Waals surface area contributed by atoms with Crippen LogP contribution in [-0.4, -0.2) is 42.6 Å². The highest BCUT2D eigenvalue weighted by Gasteiger charge is 2.35. The van der Waals surface area contributed by atoms with Crippen LogP contribution in [-0.2, 0) is 27.4 Å². The van der Waals surface area contributed by atoms with Crippen molar-refractivity contribution in [3.8, 4) is 5.75 Å². The van der Waals surface area contributed by atoms with E-state index in [0.717, 1.165) is 16.9 Å². The molecule has 2 aromatic rings. The summed E-state index contributed by atoms with van der Waals surface area (Å²) in [5.74, 6) is 0.580. The monoisotopic (exact) mass is 373 g/mol. The van der Waals surface area contributed by atoms with Gasteiger partial charge in [0, 0.05) is 37.6 Å². The molecule has 146 valence electrons. The minimum atomic E-state index is -0.261. The molecule has 7 nitrogen and oxygen atoms in total. The normalized spacial score (nSPS) is 19.2. The van der Waals surface area contributed by atoms with Crippen LogP contribution in [0.1, 0.15) is 30.6 Å². The Bertz CT molecular complexity index is 746. The van der Waals surface area contributed by atoms with Crippen molar-refractivity contribution >= 4 is 5.91 Å². The van der Waals surface area contributed by atoms with Gasteiger partial charge >= 0.3 is 0 Å². The number of ether oxygens (including phenoxy) is 3. The standard InChI is InChI=1S/C20H27N3O4/c1-3-26-18-7-5-4-6-15(18)12-21-20(24)17-8-10-27-19(17)16-13-22-23(14-16)9-11-25-2/h4-7,13-14,17,19H,3,8-12H2,1-2H3,(H,21,24)/t17-,19+/m0/s1. The zero-order valence-corrected chi connectivity index (χ0v) is 15.9. The highest BCUT2D eigenvalue weighted by atomic mass is 16.5. The number of amides is 1. The van der Waals surface area contributed by atoms with E-state index in [9.17, 15) is 4.79 Å². The van der Waals surface area contributed by atoms with Crippen molar-refractivity contribution in [2.75, 3.05) is 26.9 Å². The maximum absolute atomic E-state index is 12.8. The zero-order chi connectivity index (χ0) is 19.1. The molecular formula is C20H27N3O4. The molecule has 1 amide bonds. The number of hydrogen-bond acceptors (Lipinski definition) is 5. The number of carbonyl (C=O) groups excluding carboxylic acids is 1. The van der Waals surface area contributed by atoms with E-state index in [1.165, 1.54) is 0 Å². The molecule has 1 fully saturated rings. The first-order chi connectivity index (χ1) is 13.2. The van der Waals surface area contributed by atoms with Gasteiger partial charge in [0.05, 0.1) is 38.0 Å². The molecule has 1 aromatic heterocycles. The summed E-state index contributed by atoms with van der Waals surface area (Å²) in [5.41, 5.74) is 1.90. The van der Waals surface area contributed by atoms with Gasteiger partial charge in [0.1, 0.15) is 5.75 Å². The van der Waals surface area contributed by atoms with Gasteiger partial charge in [-0.15, -0.1) is 0 Å². The molecule has 1 N–H and O–H groups in total. The lowest BCUT2D eigenvalue weighted by Crippen LogP contribution is -2.32. The first-order valence-electron chi connectivity index (χ1n) is 9.34. The van der Waals surface area contributed by atoms with E-state index in [4.69, 9.17) is 14.2 Å². The molecule has 3 rings (SSSR count). The first-order valence-corrected chi connectivity index (χ1v) is 9.34. The zero-order valence-electron chi connectivity index (χ0n) is 15.9. The van der Waals surface area contributed by atoms with Gasteiger partial charge in [0.2, 0.25) is 5.91 Å². The maximum atomic E-state index is 12.8. The predicted molar refractivity (Wildman–Crippen MR) is 100 cm³/mol. The third-order valence-corrected chi connectivity index (χ3v) is 4.66. The molecule has 1 aliphatic rings. The van der Waals surface area contributed by atoms with Crippen LogP contribution < -0.4 is 10.1 Å². The van der Waals surface area contributed by atoms with Crippen molar-refractivity contribution in [2.45, 2.75) is 32.5 Å². The van der Waals surface area contributed by atoms with Gasteiger partial charge in [-0.05, 0) is 19.4 Å². The lowest BCUT2D eigenvalue weighted by Gasteiger charge is -2.18. The van der Waals surface area contributed by atoms with Crippen LogP contribution in [0.2, 0.25) is 0 Å². The Labute approximate surface area is 159 Å². The summed E-state index contributed by atoms with van der Waals surface area (Å²) in [4.78, 5) is 12.8. The SMILES string of the molecule is CCOc1ccccc1CNC(=O)[C@H]1CCO[C@@H]1c1cnn(CCOC)c1. The summed E-state index contributed by atoms with van der Waals surface area (Å²) in [7, 11) is 1.66. The maximum Gasteiger partial charge on any atom is 0.226 e. The molecule has 0 bridgehead atoms. The Balaban J connectivity index is 1.61. The van der Waals surface area contributed by atoms with Gasteiger partial charge in [-0.1, -0.05) is 18.2 Å². The van der Waals surface area contributed by atoms with Crippen molar-refractivity contribution in [1.29, 1.82) is 0 Å². The van der Waals surface area contributed by atoms with Gasteiger partial charge < -0.3 is 19.5 Å². The molecule has 2 atom stereocenters. The number of nitrogens with one attached hydrogen (secondary N) is 1. The van der Waals surface area contributed by atoms with E-state index in [1.807, 2.05) is 42.1 Å². The van der Waals surface area contributed by atoms with E-state index in [1.54, 1.807) is 13.3 Å². The van der Waals surface area contributed by atoms with Gasteiger partial charge in [-0.25, -0.2) is 0 Å². The minimum absolute atomic E-state index is 0.00607. The number of benzene rings is 1. The second kappa shape index (κ2) is 9.53. The number of methoxy groups -OCH3 is 1. The van der Waals surface area contributed by atoms with Crippen LogP contribution in [0, 0.1) is 5.92 Å². The van der Waals surface area contributed by atoms with Crippen LogP contribution in [0.3, 0.4) is 0 Å². The largest absolute Gasteiger partial charge is 0.494 e. The molecule has 0 unspecified atom stereocenters. The van der Waals surface area contributed by atoms with Crippen molar-refractivity contribution < 1.29 is 19.0 Å². The second-order valence-electron chi connectivity index (χ2n) is 6.47. The molecular weight excluding hydrogens is 346 g/mol. The summed E-state index contributed by atoms with van der Waals surface area (Å²) >= 11 is 0. The molecule has 0 aliphatic carbocycles. The smallest absolute Gasteiger partial charge is 0.226 e. The number of hydrogen-bond donors (Lipinski definition) is 1. The minimum Gasteiger partial charge on any atom is -0.494 e. The summed E-state index contributed by atoms with van der Waals surface area (Å²) in [6.45, 7) is 4.82. The predicted octanol–water partition coefficient (Wildman–Crippen LogP) is 2.32. The molecule has 0 radical (unpaired) electrons. The first kappa shape index (κ1) is 19.4. The van der Waals surface area contributed by atoms with Crippen LogP contribution in [0.4, 0.5) is 0 Å². The molecule has 2 heterocycles. The van der Waals surface area contributed by atoms with E-state index in [0.29, 0.717) is 39.3 Å². The molecule has 1 aromatic carbocycles. The Morgan fingerprint density at radius 1 is 1.41 bits per heavy atom. The summed E-state index contributed by atoms with van der Waals surface area (Å²) in [5, 5.41) is 7.36. The van der Waals surface area contributed by atoms with Crippen LogP contribution in [0.15, 0.2) is 36.7 Å². The average molecular weight is 373 g/mol. The van der Waals surface area contributed by atoms with E-state index >= 15 is 0 Å². The Morgan fingerprint density at radius 2 is 2.26 bits per heavy atom. The molecule has 0 saturated carbocycles. The van der Waals surface area contributed by atoms with Crippen LogP contribution in [0.5, 0.6) is 5.75 Å². The summed E-state index contributed by atoms with van der Waals surface area (Å²) in [6.07, 6.45) is 4.14. The van der Waals surface area contributed by atoms with E-state index in [2.05, 4.69) is 10.4 Å². The fourth-order valence-corrected chi connectivity index (χ4v) is 3.28. The van der Waals surface area contributed by atoms with Crippen LogP contribution in [0.25, 0.3) is 0 Å². The highest BCUT2D eigenvalue weighted by Crippen LogP contribution is 2.34. The summed E-state index contributed by atoms with van der Waals surface area (Å²) in [6, 6.07) is 7.76. The third-order valence-electron chi connectivity index (χ3n) is 4.66. The quantitative estimate of drug-likeness (QED) is 0.730. The lowest BCUT2D eigenvalue weighted by atomic mass is 9.96. The van der Waals surface area contributed by atoms with Gasteiger partial charge in [0.25, 0.3) is 0 Å². The number of nitrogens with zero attached hydrogens (tertiary/aromatic N) is 2.